The number of ketones is 1. The van der Waals surface area contributed by atoms with E-state index in [0.29, 0.717) is 38.6 Å². The van der Waals surface area contributed by atoms with Crippen molar-refractivity contribution in [3.8, 4) is 0 Å². The number of nitrogens with one attached hydrogen (secondary N) is 3. The molecule has 40 heavy (non-hydrogen) atoms. The Labute approximate surface area is 236 Å². The quantitative estimate of drug-likeness (QED) is 0.340. The molecule has 3 fully saturated rings. The Bertz CT molecular complexity index is 972. The Morgan fingerprint density at radius 3 is 2.25 bits per heavy atom. The summed E-state index contributed by atoms with van der Waals surface area (Å²) in [4.78, 5) is 54.5. The summed E-state index contributed by atoms with van der Waals surface area (Å²) in [5, 5.41) is 8.52. The number of hydrogen-bond donors (Lipinski definition) is 3. The van der Waals surface area contributed by atoms with Gasteiger partial charge in [-0.15, -0.1) is 0 Å². The third kappa shape index (κ3) is 9.30. The third-order valence-corrected chi connectivity index (χ3v) is 8.15. The number of nitrogens with zero attached hydrogens (tertiary/aromatic N) is 1. The molecule has 1 heterocycles. The first kappa shape index (κ1) is 30.0. The number of urea groups is 1. The van der Waals surface area contributed by atoms with Crippen LogP contribution in [-0.2, 0) is 30.5 Å². The molecule has 3 N–H and O–H groups in total. The second kappa shape index (κ2) is 15.7. The zero-order valence-electron chi connectivity index (χ0n) is 23.4. The normalized spacial score (nSPS) is 19.9. The summed E-state index contributed by atoms with van der Waals surface area (Å²) < 4.78 is 11.2. The highest BCUT2D eigenvalue weighted by Crippen LogP contribution is 2.27. The van der Waals surface area contributed by atoms with Crippen molar-refractivity contribution < 1.29 is 28.7 Å². The average molecular weight is 557 g/mol. The van der Waals surface area contributed by atoms with Gasteiger partial charge in [0.1, 0.15) is 12.1 Å². The second-order valence-corrected chi connectivity index (χ2v) is 11.2. The highest BCUT2D eigenvalue weighted by molar-refractivity contribution is 6.38. The van der Waals surface area contributed by atoms with Gasteiger partial charge in [0, 0.05) is 19.1 Å². The summed E-state index contributed by atoms with van der Waals surface area (Å²) in [6.07, 6.45) is 9.61. The molecular formula is C30H44N4O6. The van der Waals surface area contributed by atoms with Crippen molar-refractivity contribution in [3.05, 3.63) is 35.9 Å². The van der Waals surface area contributed by atoms with E-state index in [4.69, 9.17) is 9.47 Å². The molecule has 1 aromatic carbocycles. The average Bonchev–Trinajstić information content (AvgIpc) is 3.50. The highest BCUT2D eigenvalue weighted by atomic mass is 16.5. The predicted molar refractivity (Wildman–Crippen MR) is 149 cm³/mol. The van der Waals surface area contributed by atoms with Gasteiger partial charge in [-0.2, -0.15) is 0 Å². The fourth-order valence-corrected chi connectivity index (χ4v) is 5.80. The molecule has 3 aliphatic rings. The van der Waals surface area contributed by atoms with Crippen LogP contribution in [-0.4, -0.2) is 79.6 Å². The van der Waals surface area contributed by atoms with E-state index >= 15 is 0 Å². The summed E-state index contributed by atoms with van der Waals surface area (Å²) in [6.45, 7) is 1.92. The number of benzene rings is 1. The first-order valence-corrected chi connectivity index (χ1v) is 14.9. The van der Waals surface area contributed by atoms with E-state index in [1.54, 1.807) is 4.90 Å². The van der Waals surface area contributed by atoms with E-state index in [0.717, 1.165) is 56.9 Å². The predicted octanol–water partition coefficient (Wildman–Crippen LogP) is 2.70. The highest BCUT2D eigenvalue weighted by Gasteiger charge is 2.34. The van der Waals surface area contributed by atoms with Gasteiger partial charge in [-0.3, -0.25) is 14.4 Å². The van der Waals surface area contributed by atoms with E-state index in [1.165, 1.54) is 6.42 Å². The van der Waals surface area contributed by atoms with Gasteiger partial charge >= 0.3 is 6.03 Å². The molecule has 2 atom stereocenters. The molecular weight excluding hydrogens is 512 g/mol. The number of hydrogen-bond acceptors (Lipinski definition) is 6. The molecule has 1 saturated heterocycles. The Kier molecular flexibility index (Phi) is 11.8. The molecule has 0 bridgehead atoms. The number of Topliss-reactive ketones (excluding diaryl/α,β-unsaturated/α-hetero) is 1. The Morgan fingerprint density at radius 1 is 0.875 bits per heavy atom. The number of amides is 4. The molecule has 2 saturated carbocycles. The molecule has 4 rings (SSSR count). The van der Waals surface area contributed by atoms with E-state index in [2.05, 4.69) is 16.0 Å². The van der Waals surface area contributed by atoms with E-state index in [9.17, 15) is 19.2 Å². The van der Waals surface area contributed by atoms with E-state index < -0.39 is 29.7 Å². The van der Waals surface area contributed by atoms with Gasteiger partial charge in [0.05, 0.1) is 26.4 Å². The van der Waals surface area contributed by atoms with Crippen molar-refractivity contribution in [1.82, 2.24) is 20.9 Å². The molecule has 1 unspecified atom stereocenters. The van der Waals surface area contributed by atoms with Crippen LogP contribution in [0.4, 0.5) is 4.79 Å². The number of morpholine rings is 1. The molecule has 10 nitrogen and oxygen atoms in total. The number of carbonyl (C=O) groups is 4. The maximum absolute atomic E-state index is 13.6. The van der Waals surface area contributed by atoms with Crippen molar-refractivity contribution in [2.75, 3.05) is 32.9 Å². The largest absolute Gasteiger partial charge is 0.378 e. The molecule has 0 radical (unpaired) electrons. The van der Waals surface area contributed by atoms with E-state index in [1.807, 2.05) is 30.3 Å². The first-order chi connectivity index (χ1) is 19.5. The minimum Gasteiger partial charge on any atom is -0.378 e. The molecule has 1 aromatic rings. The topological polar surface area (TPSA) is 126 Å². The zero-order chi connectivity index (χ0) is 28.2. The fourth-order valence-electron chi connectivity index (χ4n) is 5.80. The Hall–Kier alpha value is -2.98. The summed E-state index contributed by atoms with van der Waals surface area (Å²) in [5.41, 5.74) is 0.920. The van der Waals surface area contributed by atoms with Gasteiger partial charge in [0.15, 0.2) is 0 Å². The molecule has 10 heteroatoms. The second-order valence-electron chi connectivity index (χ2n) is 11.2. The van der Waals surface area contributed by atoms with Crippen LogP contribution < -0.4 is 16.0 Å². The van der Waals surface area contributed by atoms with Crippen LogP contribution in [0.3, 0.4) is 0 Å². The standard InChI is InChI=1S/C30H44N4O6/c35-27(29(37)31-24-13-7-8-14-24)26(21-40-20-23-11-5-2-6-12-23)32-28(36)25(19-22-9-3-1-4-10-22)33-30(38)34-15-17-39-18-16-34/h2,5-6,11-12,22,24-26H,1,3-4,7-10,13-21H2,(H,31,37)(H,32,36)(H,33,38)/t25-,26?/m1/s1. The first-order valence-electron chi connectivity index (χ1n) is 14.9. The van der Waals surface area contributed by atoms with Crippen LogP contribution in [0.25, 0.3) is 0 Å². The summed E-state index contributed by atoms with van der Waals surface area (Å²) in [5.74, 6) is -1.60. The smallest absolute Gasteiger partial charge is 0.318 e. The van der Waals surface area contributed by atoms with E-state index in [-0.39, 0.29) is 25.3 Å². The zero-order valence-corrected chi connectivity index (χ0v) is 23.4. The molecule has 1 aliphatic heterocycles. The van der Waals surface area contributed by atoms with Gasteiger partial charge in [-0.25, -0.2) is 4.79 Å². The molecule has 4 amide bonds. The monoisotopic (exact) mass is 556 g/mol. The molecule has 2 aliphatic carbocycles. The molecule has 0 spiro atoms. The SMILES string of the molecule is O=C(NC1CCCC1)C(=O)C(COCc1ccccc1)NC(=O)[C@@H](CC1CCCCC1)NC(=O)N1CCOCC1. The Morgan fingerprint density at radius 2 is 1.55 bits per heavy atom. The van der Waals surface area contributed by atoms with Gasteiger partial charge < -0.3 is 30.3 Å². The van der Waals surface area contributed by atoms with Crippen molar-refractivity contribution in [3.63, 3.8) is 0 Å². The summed E-state index contributed by atoms with van der Waals surface area (Å²) >= 11 is 0. The summed E-state index contributed by atoms with van der Waals surface area (Å²) in [6, 6.07) is 7.18. The number of ether oxygens (including phenoxy) is 2. The van der Waals surface area contributed by atoms with Crippen molar-refractivity contribution in [2.45, 2.75) is 88.9 Å². The lowest BCUT2D eigenvalue weighted by atomic mass is 9.84. The maximum atomic E-state index is 13.6. The van der Waals surface area contributed by atoms with Crippen LogP contribution in [0.1, 0.15) is 69.8 Å². The third-order valence-electron chi connectivity index (χ3n) is 8.15. The van der Waals surface area contributed by atoms with Gasteiger partial charge in [0.25, 0.3) is 5.91 Å². The molecule has 220 valence electrons. The van der Waals surface area contributed by atoms with Crippen LogP contribution in [0, 0.1) is 5.92 Å². The Balaban J connectivity index is 1.43. The van der Waals surface area contributed by atoms with Crippen LogP contribution >= 0.6 is 0 Å². The summed E-state index contributed by atoms with van der Waals surface area (Å²) in [7, 11) is 0. The minimum atomic E-state index is -1.16. The van der Waals surface area contributed by atoms with Crippen LogP contribution in [0.5, 0.6) is 0 Å². The lowest BCUT2D eigenvalue weighted by Crippen LogP contribution is -2.58. The minimum absolute atomic E-state index is 0.0232. The maximum Gasteiger partial charge on any atom is 0.318 e. The van der Waals surface area contributed by atoms with Gasteiger partial charge in [-0.05, 0) is 30.7 Å². The van der Waals surface area contributed by atoms with Crippen molar-refractivity contribution in [2.24, 2.45) is 5.92 Å². The van der Waals surface area contributed by atoms with Crippen LogP contribution in [0.15, 0.2) is 30.3 Å². The lowest BCUT2D eigenvalue weighted by molar-refractivity contribution is -0.141. The van der Waals surface area contributed by atoms with Gasteiger partial charge in [-0.1, -0.05) is 75.3 Å². The number of rotatable bonds is 12. The van der Waals surface area contributed by atoms with Crippen molar-refractivity contribution in [1.29, 1.82) is 0 Å². The van der Waals surface area contributed by atoms with Gasteiger partial charge in [0.2, 0.25) is 11.7 Å². The fraction of sp³-hybridized carbons (Fsp3) is 0.667. The van der Waals surface area contributed by atoms with Crippen LogP contribution in [0.2, 0.25) is 0 Å². The molecule has 0 aromatic heterocycles. The lowest BCUT2D eigenvalue weighted by Gasteiger charge is -2.31. The van der Waals surface area contributed by atoms with Crippen molar-refractivity contribution >= 4 is 23.6 Å². The number of carbonyl (C=O) groups excluding carboxylic acids is 4.